The molecule has 1 aliphatic carbocycles. The Morgan fingerprint density at radius 3 is 2.61 bits per heavy atom. The number of rotatable bonds is 4. The molecule has 0 bridgehead atoms. The molecule has 0 spiro atoms. The number of hydrogen-bond acceptors (Lipinski definition) is 2. The second kappa shape index (κ2) is 6.25. The van der Waals surface area contributed by atoms with Crippen LogP contribution in [0, 0.1) is 17.6 Å². The Morgan fingerprint density at radius 1 is 1.22 bits per heavy atom. The molecule has 1 saturated carbocycles. The van der Waals surface area contributed by atoms with Gasteiger partial charge < -0.3 is 10.4 Å². The number of aliphatic hydroxyl groups excluding tert-OH is 1. The molecule has 1 fully saturated rings. The van der Waals surface area contributed by atoms with Crippen LogP contribution in [0.4, 0.5) is 8.78 Å². The number of aliphatic hydroxyl groups is 1. The van der Waals surface area contributed by atoms with Crippen LogP contribution >= 0.6 is 0 Å². The maximum Gasteiger partial charge on any atom is 0.130 e. The van der Waals surface area contributed by atoms with Gasteiger partial charge >= 0.3 is 0 Å². The van der Waals surface area contributed by atoms with Crippen LogP contribution in [-0.2, 0) is 6.54 Å². The van der Waals surface area contributed by atoms with Gasteiger partial charge in [0.2, 0.25) is 0 Å². The third-order valence-electron chi connectivity index (χ3n) is 3.55. The van der Waals surface area contributed by atoms with Crippen LogP contribution in [0.25, 0.3) is 0 Å². The van der Waals surface area contributed by atoms with Gasteiger partial charge in [-0.05, 0) is 43.9 Å². The zero-order chi connectivity index (χ0) is 13.0. The van der Waals surface area contributed by atoms with E-state index in [0.29, 0.717) is 12.5 Å². The Morgan fingerprint density at radius 2 is 1.94 bits per heavy atom. The lowest BCUT2D eigenvalue weighted by Gasteiger charge is -2.26. The molecule has 4 heteroatoms. The molecule has 2 nitrogen and oxygen atoms in total. The van der Waals surface area contributed by atoms with Gasteiger partial charge in [0.1, 0.15) is 11.6 Å². The van der Waals surface area contributed by atoms with Crippen molar-refractivity contribution in [3.63, 3.8) is 0 Å². The van der Waals surface area contributed by atoms with Crippen molar-refractivity contribution in [1.82, 2.24) is 5.32 Å². The van der Waals surface area contributed by atoms with Crippen LogP contribution in [0.5, 0.6) is 0 Å². The fraction of sp³-hybridized carbons (Fsp3) is 0.571. The lowest BCUT2D eigenvalue weighted by Crippen LogP contribution is -2.29. The minimum absolute atomic E-state index is 0.0915. The molecule has 0 heterocycles. The van der Waals surface area contributed by atoms with E-state index in [1.807, 2.05) is 0 Å². The molecule has 2 N–H and O–H groups in total. The molecule has 0 aliphatic heterocycles. The van der Waals surface area contributed by atoms with E-state index in [9.17, 15) is 13.9 Å². The molecule has 0 amide bonds. The predicted molar refractivity (Wildman–Crippen MR) is 66.0 cm³/mol. The quantitative estimate of drug-likeness (QED) is 0.866. The van der Waals surface area contributed by atoms with E-state index in [0.717, 1.165) is 25.7 Å². The number of hydrogen-bond donors (Lipinski definition) is 2. The number of benzene rings is 1. The molecular weight excluding hydrogens is 236 g/mol. The summed E-state index contributed by atoms with van der Waals surface area (Å²) < 4.78 is 26.7. The van der Waals surface area contributed by atoms with E-state index in [4.69, 9.17) is 0 Å². The Kier molecular flexibility index (Phi) is 4.66. The average Bonchev–Trinajstić information content (AvgIpc) is 2.33. The molecule has 0 aromatic heterocycles. The Labute approximate surface area is 106 Å². The lowest BCUT2D eigenvalue weighted by atomic mass is 9.87. The fourth-order valence-electron chi connectivity index (χ4n) is 2.55. The van der Waals surface area contributed by atoms with Crippen LogP contribution in [-0.4, -0.2) is 17.8 Å². The first kappa shape index (κ1) is 13.4. The molecular formula is C14H19F2NO. The summed E-state index contributed by atoms with van der Waals surface area (Å²) in [6.45, 7) is 0.899. The zero-order valence-electron chi connectivity index (χ0n) is 10.3. The standard InChI is InChI=1S/C14H19F2NO/c15-13-5-2-6-14(16)12(13)9-17-8-10-3-1-4-11(18)7-10/h2,5-6,10-11,17-18H,1,3-4,7-9H2. The van der Waals surface area contributed by atoms with Crippen molar-refractivity contribution in [3.05, 3.63) is 35.4 Å². The molecule has 1 aromatic rings. The minimum Gasteiger partial charge on any atom is -0.393 e. The summed E-state index contributed by atoms with van der Waals surface area (Å²) in [5.41, 5.74) is 0.0915. The van der Waals surface area contributed by atoms with Crippen LogP contribution in [0.1, 0.15) is 31.2 Å². The second-order valence-corrected chi connectivity index (χ2v) is 5.02. The van der Waals surface area contributed by atoms with E-state index in [2.05, 4.69) is 5.32 Å². The van der Waals surface area contributed by atoms with Crippen molar-refractivity contribution < 1.29 is 13.9 Å². The highest BCUT2D eigenvalue weighted by molar-refractivity contribution is 5.19. The van der Waals surface area contributed by atoms with Crippen molar-refractivity contribution in [2.45, 2.75) is 38.3 Å². The maximum atomic E-state index is 13.4. The molecule has 100 valence electrons. The molecule has 2 unspecified atom stereocenters. The fourth-order valence-corrected chi connectivity index (χ4v) is 2.55. The minimum atomic E-state index is -0.508. The molecule has 2 atom stereocenters. The molecule has 0 saturated heterocycles. The van der Waals surface area contributed by atoms with Gasteiger partial charge in [-0.2, -0.15) is 0 Å². The highest BCUT2D eigenvalue weighted by atomic mass is 19.1. The van der Waals surface area contributed by atoms with E-state index in [1.54, 1.807) is 0 Å². The Hall–Kier alpha value is -1.00. The van der Waals surface area contributed by atoms with Crippen LogP contribution < -0.4 is 5.32 Å². The van der Waals surface area contributed by atoms with E-state index in [1.165, 1.54) is 18.2 Å². The summed E-state index contributed by atoms with van der Waals surface area (Å²) in [5, 5.41) is 12.6. The van der Waals surface area contributed by atoms with Crippen molar-refractivity contribution in [1.29, 1.82) is 0 Å². The predicted octanol–water partition coefficient (Wildman–Crippen LogP) is 2.61. The topological polar surface area (TPSA) is 32.3 Å². The Balaban J connectivity index is 1.81. The molecule has 1 aliphatic rings. The SMILES string of the molecule is OC1CCCC(CNCc2c(F)cccc2F)C1. The first-order valence-electron chi connectivity index (χ1n) is 6.48. The molecule has 0 radical (unpaired) electrons. The van der Waals surface area contributed by atoms with Gasteiger partial charge in [0.25, 0.3) is 0 Å². The average molecular weight is 255 g/mol. The van der Waals surface area contributed by atoms with Gasteiger partial charge in [0.15, 0.2) is 0 Å². The van der Waals surface area contributed by atoms with Crippen LogP contribution in [0.2, 0.25) is 0 Å². The maximum absolute atomic E-state index is 13.4. The summed E-state index contributed by atoms with van der Waals surface area (Å²) in [5.74, 6) is -0.610. The van der Waals surface area contributed by atoms with Gasteiger partial charge in [-0.1, -0.05) is 12.5 Å². The molecule has 18 heavy (non-hydrogen) atoms. The second-order valence-electron chi connectivity index (χ2n) is 5.02. The van der Waals surface area contributed by atoms with E-state index < -0.39 is 11.6 Å². The van der Waals surface area contributed by atoms with Crippen LogP contribution in [0.15, 0.2) is 18.2 Å². The van der Waals surface area contributed by atoms with Gasteiger partial charge in [-0.3, -0.25) is 0 Å². The van der Waals surface area contributed by atoms with Crippen molar-refractivity contribution >= 4 is 0 Å². The van der Waals surface area contributed by atoms with Crippen molar-refractivity contribution in [3.8, 4) is 0 Å². The molecule has 1 aromatic carbocycles. The lowest BCUT2D eigenvalue weighted by molar-refractivity contribution is 0.100. The summed E-state index contributed by atoms with van der Waals surface area (Å²) in [4.78, 5) is 0. The first-order valence-corrected chi connectivity index (χ1v) is 6.48. The van der Waals surface area contributed by atoms with E-state index in [-0.39, 0.29) is 18.2 Å². The zero-order valence-corrected chi connectivity index (χ0v) is 10.3. The highest BCUT2D eigenvalue weighted by Crippen LogP contribution is 2.23. The van der Waals surface area contributed by atoms with E-state index >= 15 is 0 Å². The van der Waals surface area contributed by atoms with Crippen LogP contribution in [0.3, 0.4) is 0 Å². The molecule has 2 rings (SSSR count). The smallest absolute Gasteiger partial charge is 0.130 e. The Bertz CT molecular complexity index is 377. The van der Waals surface area contributed by atoms with Gasteiger partial charge in [-0.15, -0.1) is 0 Å². The largest absolute Gasteiger partial charge is 0.393 e. The first-order chi connectivity index (χ1) is 8.66. The monoisotopic (exact) mass is 255 g/mol. The van der Waals surface area contributed by atoms with Gasteiger partial charge in [-0.25, -0.2) is 8.78 Å². The summed E-state index contributed by atoms with van der Waals surface area (Å²) in [7, 11) is 0. The summed E-state index contributed by atoms with van der Waals surface area (Å²) in [6.07, 6.45) is 3.55. The number of halogens is 2. The normalized spacial score (nSPS) is 24.2. The third-order valence-corrected chi connectivity index (χ3v) is 3.55. The van der Waals surface area contributed by atoms with Crippen molar-refractivity contribution in [2.24, 2.45) is 5.92 Å². The van der Waals surface area contributed by atoms with Gasteiger partial charge in [0, 0.05) is 12.1 Å². The number of nitrogens with one attached hydrogen (secondary N) is 1. The third kappa shape index (κ3) is 3.50. The highest BCUT2D eigenvalue weighted by Gasteiger charge is 2.19. The van der Waals surface area contributed by atoms with Crippen molar-refractivity contribution in [2.75, 3.05) is 6.54 Å². The van der Waals surface area contributed by atoms with Gasteiger partial charge in [0.05, 0.1) is 6.10 Å². The summed E-state index contributed by atoms with van der Waals surface area (Å²) >= 11 is 0. The summed E-state index contributed by atoms with van der Waals surface area (Å²) in [6, 6.07) is 3.90.